The van der Waals surface area contributed by atoms with Gasteiger partial charge in [-0.1, -0.05) is 12.1 Å². The summed E-state index contributed by atoms with van der Waals surface area (Å²) in [6, 6.07) is 4.08. The van der Waals surface area contributed by atoms with Crippen molar-refractivity contribution in [2.75, 3.05) is 33.0 Å². The summed E-state index contributed by atoms with van der Waals surface area (Å²) in [5, 5.41) is 3.86. The van der Waals surface area contributed by atoms with E-state index in [0.29, 0.717) is 33.0 Å². The highest BCUT2D eigenvalue weighted by Gasteiger charge is 2.09. The zero-order valence-corrected chi connectivity index (χ0v) is 20.4. The van der Waals surface area contributed by atoms with Gasteiger partial charge in [0.05, 0.1) is 22.3 Å². The second-order valence-electron chi connectivity index (χ2n) is 6.43. The maximum atomic E-state index is 6.05. The average molecular weight is 521 g/mol. The summed E-state index contributed by atoms with van der Waals surface area (Å²) in [5.41, 5.74) is 3.16. The van der Waals surface area contributed by atoms with Crippen molar-refractivity contribution in [3.05, 3.63) is 32.7 Å². The van der Waals surface area contributed by atoms with Crippen LogP contribution in [-0.2, 0) is 16.0 Å². The minimum Gasteiger partial charge on any atom is -0.493 e. The highest BCUT2D eigenvalue weighted by Crippen LogP contribution is 2.30. The number of aryl methyl sites for hydroxylation is 2. The van der Waals surface area contributed by atoms with Crippen LogP contribution in [0.25, 0.3) is 0 Å². The lowest BCUT2D eigenvalue weighted by Gasteiger charge is -2.15. The number of hydrogen-bond acceptors (Lipinski definition) is 5. The summed E-state index contributed by atoms with van der Waals surface area (Å²) >= 11 is 6.65. The Bertz CT molecular complexity index is 640. The van der Waals surface area contributed by atoms with Gasteiger partial charge < -0.3 is 19.0 Å². The van der Waals surface area contributed by atoms with E-state index in [1.54, 1.807) is 0 Å². The van der Waals surface area contributed by atoms with E-state index in [2.05, 4.69) is 56.9 Å². The van der Waals surface area contributed by atoms with Crippen LogP contribution in [0.4, 0.5) is 0 Å². The van der Waals surface area contributed by atoms with Gasteiger partial charge in [0.15, 0.2) is 0 Å². The lowest BCUT2D eigenvalue weighted by Crippen LogP contribution is -2.06. The zero-order chi connectivity index (χ0) is 20.8. The molecule has 7 heteroatoms. The van der Waals surface area contributed by atoms with E-state index >= 15 is 0 Å². The normalized spacial score (nSPS) is 10.4. The fraction of sp³-hybridized carbons (Fsp3) is 0.571. The number of benzene rings is 1. The van der Waals surface area contributed by atoms with Gasteiger partial charge in [-0.3, -0.25) is 0 Å². The fourth-order valence-corrected chi connectivity index (χ4v) is 2.68. The van der Waals surface area contributed by atoms with Crippen molar-refractivity contribution in [2.45, 2.75) is 47.0 Å². The quantitative estimate of drug-likeness (QED) is 0.167. The molecule has 1 aromatic carbocycles. The number of ether oxygens (including phenoxy) is 3. The van der Waals surface area contributed by atoms with Crippen molar-refractivity contribution in [3.8, 4) is 11.5 Å². The van der Waals surface area contributed by atoms with Crippen molar-refractivity contribution >= 4 is 37.6 Å². The Morgan fingerprint density at radius 3 is 2.46 bits per heavy atom. The lowest BCUT2D eigenvalue weighted by molar-refractivity contribution is 0.0483. The molecule has 0 aliphatic rings. The third kappa shape index (κ3) is 11.1. The second kappa shape index (κ2) is 14.9. The molecule has 0 atom stereocenters. The largest absolute Gasteiger partial charge is 0.493 e. The first kappa shape index (κ1) is 25.0. The molecule has 0 aromatic heterocycles. The molecule has 0 fully saturated rings. The minimum atomic E-state index is 0.484. The first-order valence-corrected chi connectivity index (χ1v) is 11.1. The Hall–Kier alpha value is -1.05. The van der Waals surface area contributed by atoms with Gasteiger partial charge in [0, 0.05) is 6.61 Å². The molecular weight excluding hydrogens is 490 g/mol. The van der Waals surface area contributed by atoms with Gasteiger partial charge in [0.2, 0.25) is 0 Å². The van der Waals surface area contributed by atoms with E-state index in [4.69, 9.17) is 19.0 Å². The smallest absolute Gasteiger partial charge is 0.140 e. The fourth-order valence-electron chi connectivity index (χ4n) is 2.42. The molecule has 0 aliphatic heterocycles. The van der Waals surface area contributed by atoms with Crippen LogP contribution in [0.5, 0.6) is 11.5 Å². The Labute approximate surface area is 185 Å². The third-order valence-corrected chi connectivity index (χ3v) is 4.34. The predicted octanol–water partition coefficient (Wildman–Crippen LogP) is 6.16. The van der Waals surface area contributed by atoms with Gasteiger partial charge >= 0.3 is 0 Å². The molecule has 158 valence electrons. The molecule has 1 aromatic rings. The van der Waals surface area contributed by atoms with Crippen molar-refractivity contribution in [1.82, 2.24) is 0 Å². The molecule has 0 N–H and O–H groups in total. The van der Waals surface area contributed by atoms with Gasteiger partial charge in [-0.15, -0.1) is 0 Å². The minimum absolute atomic E-state index is 0.484. The zero-order valence-electron chi connectivity index (χ0n) is 17.2. The van der Waals surface area contributed by atoms with Gasteiger partial charge in [-0.2, -0.15) is 0 Å². The Kier molecular flexibility index (Phi) is 13.3. The van der Waals surface area contributed by atoms with Crippen LogP contribution in [-0.4, -0.2) is 38.7 Å². The molecule has 0 heterocycles. The van der Waals surface area contributed by atoms with Crippen LogP contribution in [0.2, 0.25) is 0 Å². The van der Waals surface area contributed by atoms with E-state index < -0.39 is 0 Å². The number of nitrogens with zero attached hydrogens (tertiary/aromatic N) is 1. The lowest BCUT2D eigenvalue weighted by atomic mass is 10.1. The molecular formula is C21H31Br2NO4. The van der Waals surface area contributed by atoms with Gasteiger partial charge in [0.1, 0.15) is 24.7 Å². The topological polar surface area (TPSA) is 49.3 Å². The summed E-state index contributed by atoms with van der Waals surface area (Å²) < 4.78 is 18.2. The van der Waals surface area contributed by atoms with Crippen molar-refractivity contribution in [2.24, 2.45) is 5.16 Å². The van der Waals surface area contributed by atoms with E-state index in [9.17, 15) is 0 Å². The molecule has 0 saturated carbocycles. The maximum absolute atomic E-state index is 6.05. The molecule has 0 radical (unpaired) electrons. The van der Waals surface area contributed by atoms with Gasteiger partial charge in [0.25, 0.3) is 0 Å². The van der Waals surface area contributed by atoms with Crippen molar-refractivity contribution in [3.63, 3.8) is 0 Å². The predicted molar refractivity (Wildman–Crippen MR) is 122 cm³/mol. The number of oxime groups is 1. The third-order valence-electron chi connectivity index (χ3n) is 3.69. The number of rotatable bonds is 14. The molecule has 0 spiro atoms. The summed E-state index contributed by atoms with van der Waals surface area (Å²) in [4.78, 5) is 5.09. The van der Waals surface area contributed by atoms with Crippen LogP contribution in [0.15, 0.2) is 26.8 Å². The molecule has 5 nitrogen and oxygen atoms in total. The van der Waals surface area contributed by atoms with Crippen LogP contribution < -0.4 is 9.47 Å². The monoisotopic (exact) mass is 519 g/mol. The first-order chi connectivity index (χ1) is 13.4. The van der Waals surface area contributed by atoms with E-state index in [1.807, 2.05) is 26.0 Å². The molecule has 1 rings (SSSR count). The summed E-state index contributed by atoms with van der Waals surface area (Å²) in [6.07, 6.45) is 4.70. The standard InChI is InChI=1S/C21H31Br2NO4/c1-5-18-15-19(26-11-8-20(22)23)14-17(4)21(18)27-10-7-6-9-25-12-13-28-24-16(2)3/h8,14-15H,5-7,9-13H2,1-4H3. The molecule has 0 saturated heterocycles. The summed E-state index contributed by atoms with van der Waals surface area (Å²) in [6.45, 7) is 10.9. The highest BCUT2D eigenvalue weighted by atomic mass is 79.9. The van der Waals surface area contributed by atoms with Crippen LogP contribution >= 0.6 is 31.9 Å². The Balaban J connectivity index is 2.33. The first-order valence-electron chi connectivity index (χ1n) is 9.55. The molecule has 0 aliphatic carbocycles. The number of halogens is 2. The summed E-state index contributed by atoms with van der Waals surface area (Å²) in [7, 11) is 0. The van der Waals surface area contributed by atoms with Gasteiger partial charge in [-0.05, 0) is 101 Å². The SMILES string of the molecule is CCc1cc(OCC=C(Br)Br)cc(C)c1OCCCCOCCON=C(C)C. The maximum Gasteiger partial charge on any atom is 0.140 e. The Morgan fingerprint density at radius 1 is 1.04 bits per heavy atom. The number of hydrogen-bond donors (Lipinski definition) is 0. The van der Waals surface area contributed by atoms with E-state index in [0.717, 1.165) is 51.0 Å². The van der Waals surface area contributed by atoms with Crippen LogP contribution in [0.1, 0.15) is 44.7 Å². The van der Waals surface area contributed by atoms with Gasteiger partial charge in [-0.25, -0.2) is 0 Å². The van der Waals surface area contributed by atoms with Crippen molar-refractivity contribution in [1.29, 1.82) is 0 Å². The molecule has 28 heavy (non-hydrogen) atoms. The van der Waals surface area contributed by atoms with Crippen LogP contribution in [0.3, 0.4) is 0 Å². The highest BCUT2D eigenvalue weighted by molar-refractivity contribution is 9.28. The van der Waals surface area contributed by atoms with E-state index in [1.165, 1.54) is 0 Å². The average Bonchev–Trinajstić information content (AvgIpc) is 2.63. The Morgan fingerprint density at radius 2 is 1.79 bits per heavy atom. The molecule has 0 unspecified atom stereocenters. The number of unbranched alkanes of at least 4 members (excludes halogenated alkanes) is 1. The van der Waals surface area contributed by atoms with Crippen LogP contribution in [0, 0.1) is 6.92 Å². The molecule has 0 bridgehead atoms. The molecule has 0 amide bonds. The second-order valence-corrected chi connectivity index (χ2v) is 9.20. The van der Waals surface area contributed by atoms with Crippen molar-refractivity contribution < 1.29 is 19.0 Å². The summed E-state index contributed by atoms with van der Waals surface area (Å²) in [5.74, 6) is 1.83. The van der Waals surface area contributed by atoms with E-state index in [-0.39, 0.29) is 0 Å².